The van der Waals surface area contributed by atoms with E-state index in [2.05, 4.69) is 20.9 Å². The predicted molar refractivity (Wildman–Crippen MR) is 73.4 cm³/mol. The first-order chi connectivity index (χ1) is 9.15. The summed E-state index contributed by atoms with van der Waals surface area (Å²) in [6, 6.07) is 9.53. The van der Waals surface area contributed by atoms with Crippen LogP contribution in [-0.2, 0) is 0 Å². The van der Waals surface area contributed by atoms with Gasteiger partial charge in [0.25, 0.3) is 0 Å². The van der Waals surface area contributed by atoms with Crippen molar-refractivity contribution in [3.05, 3.63) is 70.3 Å². The number of nitrogens with zero attached hydrogens (tertiary/aromatic N) is 2. The highest BCUT2D eigenvalue weighted by molar-refractivity contribution is 9.10. The smallest absolute Gasteiger partial charge is 0.137 e. The first-order valence-corrected chi connectivity index (χ1v) is 6.50. The number of pyridine rings is 1. The van der Waals surface area contributed by atoms with Crippen LogP contribution >= 0.6 is 15.9 Å². The number of aliphatic hydroxyl groups excluding tert-OH is 1. The third kappa shape index (κ3) is 2.27. The first kappa shape index (κ1) is 12.3. The summed E-state index contributed by atoms with van der Waals surface area (Å²) >= 11 is 3.39. The summed E-state index contributed by atoms with van der Waals surface area (Å²) in [5.41, 5.74) is 2.02. The number of rotatable bonds is 2. The van der Waals surface area contributed by atoms with E-state index in [4.69, 9.17) is 0 Å². The molecule has 1 N–H and O–H groups in total. The highest BCUT2D eigenvalue weighted by atomic mass is 79.9. The lowest BCUT2D eigenvalue weighted by Crippen LogP contribution is -2.03. The van der Waals surface area contributed by atoms with Crippen LogP contribution in [0.3, 0.4) is 0 Å². The number of fused-ring (bicyclic) bond motifs is 1. The molecule has 96 valence electrons. The zero-order chi connectivity index (χ0) is 13.4. The summed E-state index contributed by atoms with van der Waals surface area (Å²) in [6.07, 6.45) is 2.62. The van der Waals surface area contributed by atoms with Crippen molar-refractivity contribution in [2.75, 3.05) is 0 Å². The van der Waals surface area contributed by atoms with Crippen molar-refractivity contribution in [1.29, 1.82) is 0 Å². The Morgan fingerprint density at radius 2 is 1.89 bits per heavy atom. The number of aliphatic hydroxyl groups is 1. The van der Waals surface area contributed by atoms with Crippen molar-refractivity contribution in [3.63, 3.8) is 0 Å². The quantitative estimate of drug-likeness (QED) is 0.786. The Kier molecular flexibility index (Phi) is 3.08. The van der Waals surface area contributed by atoms with Crippen LogP contribution in [0.5, 0.6) is 0 Å². The van der Waals surface area contributed by atoms with Gasteiger partial charge in [-0.3, -0.25) is 4.40 Å². The van der Waals surface area contributed by atoms with Crippen LogP contribution < -0.4 is 0 Å². The van der Waals surface area contributed by atoms with Crippen LogP contribution in [0.2, 0.25) is 0 Å². The second kappa shape index (κ2) is 4.75. The van der Waals surface area contributed by atoms with Gasteiger partial charge in [-0.1, -0.05) is 12.1 Å². The maximum absolute atomic E-state index is 12.9. The van der Waals surface area contributed by atoms with E-state index < -0.39 is 6.10 Å². The van der Waals surface area contributed by atoms with Crippen LogP contribution in [-0.4, -0.2) is 14.5 Å². The van der Waals surface area contributed by atoms with Gasteiger partial charge in [-0.25, -0.2) is 9.37 Å². The lowest BCUT2D eigenvalue weighted by atomic mass is 10.1. The number of hydrogen-bond acceptors (Lipinski definition) is 2. The minimum Gasteiger partial charge on any atom is -0.382 e. The Labute approximate surface area is 117 Å². The largest absolute Gasteiger partial charge is 0.382 e. The summed E-state index contributed by atoms with van der Waals surface area (Å²) in [5.74, 6) is -0.322. The van der Waals surface area contributed by atoms with Crippen molar-refractivity contribution < 1.29 is 9.50 Å². The molecule has 2 heterocycles. The summed E-state index contributed by atoms with van der Waals surface area (Å²) in [6.45, 7) is 0. The minimum atomic E-state index is -0.843. The Bertz CT molecular complexity index is 724. The van der Waals surface area contributed by atoms with Crippen LogP contribution in [0.15, 0.2) is 53.3 Å². The Hall–Kier alpha value is -1.72. The number of hydrogen-bond donors (Lipinski definition) is 1. The van der Waals surface area contributed by atoms with Crippen molar-refractivity contribution >= 4 is 21.6 Å². The molecule has 0 bridgehead atoms. The van der Waals surface area contributed by atoms with E-state index >= 15 is 0 Å². The molecule has 0 saturated heterocycles. The van der Waals surface area contributed by atoms with E-state index in [1.807, 2.05) is 18.3 Å². The molecule has 1 atom stereocenters. The van der Waals surface area contributed by atoms with Gasteiger partial charge >= 0.3 is 0 Å². The highest BCUT2D eigenvalue weighted by Crippen LogP contribution is 2.24. The van der Waals surface area contributed by atoms with Gasteiger partial charge in [-0.05, 0) is 45.8 Å². The third-order valence-corrected chi connectivity index (χ3v) is 3.43. The van der Waals surface area contributed by atoms with Crippen LogP contribution in [0.1, 0.15) is 17.4 Å². The van der Waals surface area contributed by atoms with Crippen molar-refractivity contribution in [2.24, 2.45) is 0 Å². The fraction of sp³-hybridized carbons (Fsp3) is 0.0714. The van der Waals surface area contributed by atoms with Gasteiger partial charge in [0.05, 0.1) is 11.9 Å². The Morgan fingerprint density at radius 3 is 2.63 bits per heavy atom. The number of halogens is 2. The second-order valence-corrected chi connectivity index (χ2v) is 5.13. The van der Waals surface area contributed by atoms with Gasteiger partial charge in [0.15, 0.2) is 0 Å². The number of imidazole rings is 1. The molecule has 0 radical (unpaired) electrons. The molecule has 0 aliphatic rings. The van der Waals surface area contributed by atoms with E-state index in [-0.39, 0.29) is 5.82 Å². The molecule has 3 nitrogen and oxygen atoms in total. The maximum Gasteiger partial charge on any atom is 0.137 e. The molecule has 0 saturated carbocycles. The molecule has 0 aliphatic heterocycles. The molecule has 0 aliphatic carbocycles. The fourth-order valence-corrected chi connectivity index (χ4v) is 2.33. The normalized spacial score (nSPS) is 12.8. The second-order valence-electron chi connectivity index (χ2n) is 4.21. The molecular weight excluding hydrogens is 311 g/mol. The summed E-state index contributed by atoms with van der Waals surface area (Å²) in [4.78, 5) is 4.23. The van der Waals surface area contributed by atoms with E-state index in [0.29, 0.717) is 11.3 Å². The average Bonchev–Trinajstić information content (AvgIpc) is 2.81. The lowest BCUT2D eigenvalue weighted by Gasteiger charge is -2.11. The number of aromatic nitrogens is 2. The van der Waals surface area contributed by atoms with E-state index in [9.17, 15) is 9.50 Å². The molecule has 2 aromatic heterocycles. The van der Waals surface area contributed by atoms with Gasteiger partial charge in [-0.2, -0.15) is 0 Å². The maximum atomic E-state index is 12.9. The predicted octanol–water partition coefficient (Wildman–Crippen LogP) is 3.32. The molecule has 3 aromatic rings. The molecule has 0 spiro atoms. The zero-order valence-corrected chi connectivity index (χ0v) is 11.4. The lowest BCUT2D eigenvalue weighted by molar-refractivity contribution is 0.214. The summed E-state index contributed by atoms with van der Waals surface area (Å²) < 4.78 is 15.6. The van der Waals surface area contributed by atoms with Crippen molar-refractivity contribution in [3.8, 4) is 0 Å². The first-order valence-electron chi connectivity index (χ1n) is 5.71. The molecule has 0 fully saturated rings. The Morgan fingerprint density at radius 1 is 1.16 bits per heavy atom. The highest BCUT2D eigenvalue weighted by Gasteiger charge is 2.15. The average molecular weight is 321 g/mol. The topological polar surface area (TPSA) is 37.5 Å². The summed E-state index contributed by atoms with van der Waals surface area (Å²) in [7, 11) is 0. The van der Waals surface area contributed by atoms with Crippen molar-refractivity contribution in [2.45, 2.75) is 6.10 Å². The summed E-state index contributed by atoms with van der Waals surface area (Å²) in [5, 5.41) is 10.4. The van der Waals surface area contributed by atoms with E-state index in [1.54, 1.807) is 22.7 Å². The van der Waals surface area contributed by atoms with Crippen LogP contribution in [0, 0.1) is 5.82 Å². The van der Waals surface area contributed by atoms with Crippen LogP contribution in [0.4, 0.5) is 4.39 Å². The standard InChI is InChI=1S/C14H10BrFN2O/c15-10-3-6-13-17-7-12(18(13)8-10)14(19)9-1-4-11(16)5-2-9/h1-8,14,19H. The number of benzene rings is 1. The molecule has 0 amide bonds. The van der Waals surface area contributed by atoms with Crippen molar-refractivity contribution in [1.82, 2.24) is 9.38 Å². The minimum absolute atomic E-state index is 0.322. The molecule has 5 heteroatoms. The monoisotopic (exact) mass is 320 g/mol. The zero-order valence-electron chi connectivity index (χ0n) is 9.79. The molecule has 19 heavy (non-hydrogen) atoms. The van der Waals surface area contributed by atoms with Gasteiger partial charge in [-0.15, -0.1) is 0 Å². The Balaban J connectivity index is 2.08. The van der Waals surface area contributed by atoms with E-state index in [1.165, 1.54) is 12.1 Å². The van der Waals surface area contributed by atoms with Gasteiger partial charge in [0.1, 0.15) is 17.6 Å². The van der Waals surface area contributed by atoms with Gasteiger partial charge in [0, 0.05) is 10.7 Å². The SMILES string of the molecule is OC(c1ccc(F)cc1)c1cnc2ccc(Br)cn12. The van der Waals surface area contributed by atoms with Gasteiger partial charge in [0.2, 0.25) is 0 Å². The molecule has 1 aromatic carbocycles. The molecular formula is C14H10BrFN2O. The fourth-order valence-electron chi connectivity index (χ4n) is 1.99. The van der Waals surface area contributed by atoms with E-state index in [0.717, 1.165) is 10.1 Å². The molecule has 1 unspecified atom stereocenters. The molecule has 3 rings (SSSR count). The van der Waals surface area contributed by atoms with Gasteiger partial charge < -0.3 is 5.11 Å². The van der Waals surface area contributed by atoms with Crippen LogP contribution in [0.25, 0.3) is 5.65 Å². The third-order valence-electron chi connectivity index (χ3n) is 2.96.